The average molecular weight is 432 g/mol. The van der Waals surface area contributed by atoms with Crippen LogP contribution in [0.3, 0.4) is 0 Å². The predicted molar refractivity (Wildman–Crippen MR) is 113 cm³/mol. The highest BCUT2D eigenvalue weighted by Crippen LogP contribution is 2.45. The molecule has 1 aromatic heterocycles. The molecule has 1 aliphatic carbocycles. The number of carbonyl (C=O) groups excluding carboxylic acids is 2. The number of ether oxygens (including phenoxy) is 1. The van der Waals surface area contributed by atoms with Gasteiger partial charge in [0.25, 0.3) is 11.7 Å². The van der Waals surface area contributed by atoms with Gasteiger partial charge in [-0.05, 0) is 42.5 Å². The van der Waals surface area contributed by atoms with Gasteiger partial charge in [-0.15, -0.1) is 11.3 Å². The zero-order valence-electron chi connectivity index (χ0n) is 16.1. The fourth-order valence-corrected chi connectivity index (χ4v) is 5.33. The summed E-state index contributed by atoms with van der Waals surface area (Å²) < 4.78 is 5.35. The number of hydrogen-bond donors (Lipinski definition) is 1. The van der Waals surface area contributed by atoms with Crippen molar-refractivity contribution < 1.29 is 19.4 Å². The molecule has 1 unspecified atom stereocenters. The van der Waals surface area contributed by atoms with Crippen molar-refractivity contribution in [1.82, 2.24) is 4.90 Å². The van der Waals surface area contributed by atoms with E-state index in [1.807, 2.05) is 17.5 Å². The number of rotatable bonds is 4. The van der Waals surface area contributed by atoms with Crippen LogP contribution in [0.2, 0.25) is 5.02 Å². The number of halogens is 1. The summed E-state index contributed by atoms with van der Waals surface area (Å²) >= 11 is 7.60. The molecule has 7 heteroatoms. The average Bonchev–Trinajstić information content (AvgIpc) is 3.35. The maximum Gasteiger partial charge on any atom is 0.295 e. The molecule has 2 aliphatic rings. The lowest BCUT2D eigenvalue weighted by molar-refractivity contribution is -0.141. The maximum atomic E-state index is 13.1. The summed E-state index contributed by atoms with van der Waals surface area (Å²) in [6.07, 6.45) is 4.95. The molecule has 0 radical (unpaired) electrons. The minimum absolute atomic E-state index is 0.00106. The van der Waals surface area contributed by atoms with Gasteiger partial charge in [-0.3, -0.25) is 9.59 Å². The lowest BCUT2D eigenvalue weighted by Gasteiger charge is -2.34. The molecule has 2 aromatic rings. The molecule has 4 rings (SSSR count). The van der Waals surface area contributed by atoms with Crippen LogP contribution in [0.5, 0.6) is 5.75 Å². The molecule has 29 heavy (non-hydrogen) atoms. The molecule has 0 bridgehead atoms. The first-order chi connectivity index (χ1) is 14.0. The second-order valence-corrected chi connectivity index (χ2v) is 8.77. The number of aliphatic hydroxyl groups excluding tert-OH is 1. The van der Waals surface area contributed by atoms with Gasteiger partial charge in [0.1, 0.15) is 11.5 Å². The van der Waals surface area contributed by atoms with Crippen molar-refractivity contribution >= 4 is 40.4 Å². The monoisotopic (exact) mass is 431 g/mol. The number of thiophene rings is 1. The topological polar surface area (TPSA) is 66.8 Å². The first-order valence-electron chi connectivity index (χ1n) is 9.70. The summed E-state index contributed by atoms with van der Waals surface area (Å²) in [4.78, 5) is 28.7. The summed E-state index contributed by atoms with van der Waals surface area (Å²) in [7, 11) is 1.48. The first kappa shape index (κ1) is 20.0. The Morgan fingerprint density at radius 1 is 1.21 bits per heavy atom. The fraction of sp³-hybridized carbons (Fsp3) is 0.364. The number of carbonyl (C=O) groups is 2. The van der Waals surface area contributed by atoms with Crippen LogP contribution in [0, 0.1) is 0 Å². The van der Waals surface area contributed by atoms with E-state index in [0.29, 0.717) is 16.3 Å². The minimum Gasteiger partial charge on any atom is -0.507 e. The van der Waals surface area contributed by atoms with E-state index in [-0.39, 0.29) is 17.4 Å². The molecule has 2 fully saturated rings. The maximum absolute atomic E-state index is 13.1. The zero-order chi connectivity index (χ0) is 20.5. The van der Waals surface area contributed by atoms with Crippen molar-refractivity contribution in [3.05, 3.63) is 56.7 Å². The number of Topliss-reactive ketones (excluding diaryl/α,β-unsaturated/α-hetero) is 1. The van der Waals surface area contributed by atoms with Crippen molar-refractivity contribution in [3.8, 4) is 5.75 Å². The third-order valence-corrected chi connectivity index (χ3v) is 6.84. The molecule has 152 valence electrons. The number of amides is 1. The van der Waals surface area contributed by atoms with E-state index in [1.165, 1.54) is 18.4 Å². The van der Waals surface area contributed by atoms with Crippen LogP contribution in [0.4, 0.5) is 0 Å². The molecule has 0 spiro atoms. The van der Waals surface area contributed by atoms with Crippen LogP contribution in [0.25, 0.3) is 5.76 Å². The van der Waals surface area contributed by atoms with E-state index in [1.54, 1.807) is 23.1 Å². The molecular formula is C22H22ClNO4S. The Labute approximate surface area is 178 Å². The highest BCUT2D eigenvalue weighted by Gasteiger charge is 2.49. The number of benzene rings is 1. The van der Waals surface area contributed by atoms with Crippen LogP contribution in [0.15, 0.2) is 41.3 Å². The van der Waals surface area contributed by atoms with Gasteiger partial charge in [0.2, 0.25) is 0 Å². The predicted octanol–water partition coefficient (Wildman–Crippen LogP) is 5.16. The third-order valence-electron chi connectivity index (χ3n) is 5.68. The van der Waals surface area contributed by atoms with Crippen molar-refractivity contribution in [2.45, 2.75) is 44.2 Å². The number of hydrogen-bond acceptors (Lipinski definition) is 5. The second kappa shape index (κ2) is 8.20. The lowest BCUT2D eigenvalue weighted by atomic mass is 9.92. The Morgan fingerprint density at radius 3 is 2.62 bits per heavy atom. The Balaban J connectivity index is 1.89. The van der Waals surface area contributed by atoms with Gasteiger partial charge in [-0.25, -0.2) is 0 Å². The Bertz CT molecular complexity index is 963. The highest BCUT2D eigenvalue weighted by molar-refractivity contribution is 7.10. The van der Waals surface area contributed by atoms with E-state index >= 15 is 0 Å². The number of methoxy groups -OCH3 is 1. The van der Waals surface area contributed by atoms with E-state index < -0.39 is 17.7 Å². The molecule has 1 aromatic carbocycles. The van der Waals surface area contributed by atoms with Gasteiger partial charge < -0.3 is 14.7 Å². The van der Waals surface area contributed by atoms with E-state index in [4.69, 9.17) is 16.3 Å². The Morgan fingerprint density at radius 2 is 1.97 bits per heavy atom. The normalized spacial score (nSPS) is 22.3. The van der Waals surface area contributed by atoms with Gasteiger partial charge in [0.05, 0.1) is 24.3 Å². The molecule has 5 nitrogen and oxygen atoms in total. The molecule has 1 N–H and O–H groups in total. The highest BCUT2D eigenvalue weighted by atomic mass is 35.5. The number of likely N-dealkylation sites (tertiary alicyclic amines) is 1. The van der Waals surface area contributed by atoms with Crippen molar-refractivity contribution in [2.24, 2.45) is 0 Å². The summed E-state index contributed by atoms with van der Waals surface area (Å²) in [6.45, 7) is 0. The number of aliphatic hydroxyl groups is 1. The number of ketones is 1. The second-order valence-electron chi connectivity index (χ2n) is 7.36. The number of nitrogens with zero attached hydrogens (tertiary/aromatic N) is 1. The van der Waals surface area contributed by atoms with Crippen LogP contribution in [-0.4, -0.2) is 34.8 Å². The summed E-state index contributed by atoms with van der Waals surface area (Å²) in [5.41, 5.74) is 0.409. The molecule has 2 heterocycles. The third kappa shape index (κ3) is 3.55. The van der Waals surface area contributed by atoms with Gasteiger partial charge in [-0.2, -0.15) is 0 Å². The Hall–Kier alpha value is -2.31. The molecule has 1 saturated heterocycles. The van der Waals surface area contributed by atoms with Crippen molar-refractivity contribution in [3.63, 3.8) is 0 Å². The van der Waals surface area contributed by atoms with Gasteiger partial charge in [0, 0.05) is 15.9 Å². The van der Waals surface area contributed by atoms with Gasteiger partial charge in [-0.1, -0.05) is 36.9 Å². The van der Waals surface area contributed by atoms with E-state index in [0.717, 1.165) is 37.0 Å². The first-order valence-corrected chi connectivity index (χ1v) is 11.0. The van der Waals surface area contributed by atoms with Crippen molar-refractivity contribution in [2.75, 3.05) is 7.11 Å². The summed E-state index contributed by atoms with van der Waals surface area (Å²) in [5, 5.41) is 13.5. The smallest absolute Gasteiger partial charge is 0.295 e. The molecule has 1 aliphatic heterocycles. The molecular weight excluding hydrogens is 410 g/mol. The quantitative estimate of drug-likeness (QED) is 0.412. The Kier molecular flexibility index (Phi) is 5.65. The van der Waals surface area contributed by atoms with Gasteiger partial charge in [0.15, 0.2) is 0 Å². The fourth-order valence-electron chi connectivity index (χ4n) is 4.32. The lowest BCUT2D eigenvalue weighted by Crippen LogP contribution is -2.40. The minimum atomic E-state index is -0.659. The van der Waals surface area contributed by atoms with Crippen LogP contribution in [0.1, 0.15) is 48.6 Å². The molecule has 1 amide bonds. The van der Waals surface area contributed by atoms with Crippen molar-refractivity contribution in [1.29, 1.82) is 0 Å². The largest absolute Gasteiger partial charge is 0.507 e. The van der Waals surface area contributed by atoms with Gasteiger partial charge >= 0.3 is 0 Å². The van der Waals surface area contributed by atoms with E-state index in [9.17, 15) is 14.7 Å². The SMILES string of the molecule is COc1ccc(Cl)cc1/C(O)=C1/C(=O)C(=O)N(C2CCCCC2)C1c1cccs1. The molecule has 1 saturated carbocycles. The van der Waals surface area contributed by atoms with Crippen LogP contribution >= 0.6 is 22.9 Å². The molecule has 1 atom stereocenters. The zero-order valence-corrected chi connectivity index (χ0v) is 17.6. The summed E-state index contributed by atoms with van der Waals surface area (Å²) in [6, 6.07) is 8.03. The summed E-state index contributed by atoms with van der Waals surface area (Å²) in [5.74, 6) is -1.06. The van der Waals surface area contributed by atoms with E-state index in [2.05, 4.69) is 0 Å². The van der Waals surface area contributed by atoms with Crippen LogP contribution < -0.4 is 4.74 Å². The van der Waals surface area contributed by atoms with Crippen LogP contribution in [-0.2, 0) is 9.59 Å². The standard InChI is InChI=1S/C22H22ClNO4S/c1-28-16-10-9-13(23)12-15(16)20(25)18-19(17-8-5-11-29-17)24(22(27)21(18)26)14-6-3-2-4-7-14/h5,8-12,14,19,25H,2-4,6-7H2,1H3/b20-18-.